The quantitative estimate of drug-likeness (QED) is 0.850. The summed E-state index contributed by atoms with van der Waals surface area (Å²) < 4.78 is 5.28. The molecule has 0 amide bonds. The molecule has 5 heteroatoms. The van der Waals surface area contributed by atoms with Crippen LogP contribution in [-0.4, -0.2) is 16.1 Å². The molecule has 0 bridgehead atoms. The van der Waals surface area contributed by atoms with Gasteiger partial charge in [0.15, 0.2) is 0 Å². The fraction of sp³-hybridized carbons (Fsp3) is 0.294. The Bertz CT molecular complexity index is 722. The number of nitrogens with zero attached hydrogens (tertiary/aromatic N) is 1. The van der Waals surface area contributed by atoms with Crippen LogP contribution in [0.1, 0.15) is 51.5 Å². The molecule has 1 atom stereocenters. The number of rotatable bonds is 4. The van der Waals surface area contributed by atoms with Crippen molar-refractivity contribution in [1.82, 2.24) is 4.98 Å². The number of nitrogens with one attached hydrogen (secondary N) is 1. The molecule has 22 heavy (non-hydrogen) atoms. The molecule has 0 fully saturated rings. The fourth-order valence-corrected chi connectivity index (χ4v) is 2.49. The first-order valence-corrected chi connectivity index (χ1v) is 6.97. The van der Waals surface area contributed by atoms with E-state index in [-0.39, 0.29) is 6.61 Å². The second-order valence-electron chi connectivity index (χ2n) is 5.22. The average Bonchev–Trinajstić information content (AvgIpc) is 2.80. The van der Waals surface area contributed by atoms with Crippen molar-refractivity contribution < 1.29 is 14.6 Å². The van der Waals surface area contributed by atoms with Gasteiger partial charge >= 0.3 is 5.97 Å². The number of aliphatic hydroxyl groups is 1. The van der Waals surface area contributed by atoms with E-state index in [4.69, 9.17) is 10.00 Å². The molecule has 0 aliphatic heterocycles. The summed E-state index contributed by atoms with van der Waals surface area (Å²) >= 11 is 0. The number of H-pyrrole nitrogens is 1. The van der Waals surface area contributed by atoms with Crippen LogP contribution in [0.3, 0.4) is 0 Å². The summed E-state index contributed by atoms with van der Waals surface area (Å²) in [4.78, 5) is 15.1. The molecule has 0 aliphatic carbocycles. The van der Waals surface area contributed by atoms with Crippen molar-refractivity contribution in [2.75, 3.05) is 0 Å². The highest BCUT2D eigenvalue weighted by molar-refractivity contribution is 5.89. The highest BCUT2D eigenvalue weighted by Crippen LogP contribution is 2.25. The molecule has 114 valence electrons. The maximum atomic E-state index is 12.2. The normalized spacial score (nSPS) is 11.8. The molecule has 0 saturated carbocycles. The molecule has 1 aromatic heterocycles. The molecule has 2 N–H and O–H groups in total. The molecule has 1 heterocycles. The van der Waals surface area contributed by atoms with Crippen LogP contribution in [-0.2, 0) is 11.3 Å². The first kappa shape index (κ1) is 15.8. The van der Waals surface area contributed by atoms with Crippen LogP contribution >= 0.6 is 0 Å². The lowest BCUT2D eigenvalue weighted by atomic mass is 10.1. The number of hydrogen-bond acceptors (Lipinski definition) is 4. The van der Waals surface area contributed by atoms with E-state index in [1.807, 2.05) is 13.0 Å². The molecular formula is C17H18N2O3. The van der Waals surface area contributed by atoms with E-state index < -0.39 is 12.1 Å². The summed E-state index contributed by atoms with van der Waals surface area (Å²) in [6.07, 6.45) is -0.642. The number of aliphatic hydroxyl groups excluding tert-OH is 1. The Labute approximate surface area is 129 Å². The van der Waals surface area contributed by atoms with Crippen LogP contribution in [0.25, 0.3) is 0 Å². The number of carbonyl (C=O) groups excluding carboxylic acids is 1. The predicted octanol–water partition coefficient (Wildman–Crippen LogP) is 2.91. The fourth-order valence-electron chi connectivity index (χ4n) is 2.49. The molecule has 1 aromatic carbocycles. The van der Waals surface area contributed by atoms with Gasteiger partial charge in [0.2, 0.25) is 0 Å². The van der Waals surface area contributed by atoms with Crippen molar-refractivity contribution in [3.63, 3.8) is 0 Å². The van der Waals surface area contributed by atoms with Gasteiger partial charge in [0.25, 0.3) is 0 Å². The minimum atomic E-state index is -0.642. The van der Waals surface area contributed by atoms with Crippen LogP contribution < -0.4 is 0 Å². The van der Waals surface area contributed by atoms with Gasteiger partial charge in [0, 0.05) is 11.3 Å². The standard InChI is InChI=1S/C17H18N2O3/c1-10-15(12(3)20)11(2)19-16(10)17(21)22-9-14-6-4-13(8-18)5-7-14/h4-7,12,19-20H,9H2,1-3H3/t12-/m0/s1. The van der Waals surface area contributed by atoms with E-state index in [0.717, 1.165) is 16.8 Å². The van der Waals surface area contributed by atoms with Crippen molar-refractivity contribution >= 4 is 5.97 Å². The number of aromatic amines is 1. The Morgan fingerprint density at radius 1 is 1.36 bits per heavy atom. The van der Waals surface area contributed by atoms with Gasteiger partial charge in [0.1, 0.15) is 12.3 Å². The maximum Gasteiger partial charge on any atom is 0.355 e. The lowest BCUT2D eigenvalue weighted by molar-refractivity contribution is 0.0465. The first-order chi connectivity index (χ1) is 10.4. The lowest BCUT2D eigenvalue weighted by Crippen LogP contribution is -2.07. The van der Waals surface area contributed by atoms with Crippen molar-refractivity contribution in [2.45, 2.75) is 33.5 Å². The summed E-state index contributed by atoms with van der Waals surface area (Å²) in [6.45, 7) is 5.39. The largest absolute Gasteiger partial charge is 0.456 e. The molecule has 5 nitrogen and oxygen atoms in total. The average molecular weight is 298 g/mol. The second-order valence-corrected chi connectivity index (χ2v) is 5.22. The zero-order chi connectivity index (χ0) is 16.3. The summed E-state index contributed by atoms with van der Waals surface area (Å²) in [5.74, 6) is -0.461. The topological polar surface area (TPSA) is 86.1 Å². The molecule has 0 radical (unpaired) electrons. The Morgan fingerprint density at radius 2 is 2.00 bits per heavy atom. The van der Waals surface area contributed by atoms with Gasteiger partial charge in [-0.05, 0) is 44.0 Å². The molecule has 0 unspecified atom stereocenters. The maximum absolute atomic E-state index is 12.2. The van der Waals surface area contributed by atoms with Gasteiger partial charge in [0.05, 0.1) is 17.7 Å². The van der Waals surface area contributed by atoms with Crippen molar-refractivity contribution in [1.29, 1.82) is 5.26 Å². The van der Waals surface area contributed by atoms with Crippen LogP contribution in [0.5, 0.6) is 0 Å². The Balaban J connectivity index is 2.09. The minimum absolute atomic E-state index is 0.131. The number of aryl methyl sites for hydroxylation is 1. The van der Waals surface area contributed by atoms with Crippen LogP contribution in [0.4, 0.5) is 0 Å². The number of ether oxygens (including phenoxy) is 1. The zero-order valence-corrected chi connectivity index (χ0v) is 12.8. The molecule has 0 saturated heterocycles. The van der Waals surface area contributed by atoms with E-state index in [9.17, 15) is 9.90 Å². The molecule has 2 aromatic rings. The number of nitriles is 1. The monoisotopic (exact) mass is 298 g/mol. The molecule has 0 aliphatic rings. The van der Waals surface area contributed by atoms with E-state index >= 15 is 0 Å². The van der Waals surface area contributed by atoms with Crippen molar-refractivity contribution in [3.05, 3.63) is 57.9 Å². The molecular weight excluding hydrogens is 280 g/mol. The Morgan fingerprint density at radius 3 is 2.50 bits per heavy atom. The third-order valence-electron chi connectivity index (χ3n) is 3.57. The summed E-state index contributed by atoms with van der Waals surface area (Å²) in [7, 11) is 0. The summed E-state index contributed by atoms with van der Waals surface area (Å²) in [5.41, 5.74) is 3.93. The highest BCUT2D eigenvalue weighted by Gasteiger charge is 2.20. The van der Waals surface area contributed by atoms with Gasteiger partial charge < -0.3 is 14.8 Å². The first-order valence-electron chi connectivity index (χ1n) is 6.97. The highest BCUT2D eigenvalue weighted by atomic mass is 16.5. The second kappa shape index (κ2) is 6.46. The van der Waals surface area contributed by atoms with Crippen LogP contribution in [0, 0.1) is 25.2 Å². The molecule has 2 rings (SSSR count). The smallest absolute Gasteiger partial charge is 0.355 e. The van der Waals surface area contributed by atoms with E-state index in [2.05, 4.69) is 4.98 Å². The SMILES string of the molecule is Cc1[nH]c(C(=O)OCc2ccc(C#N)cc2)c(C)c1[C@H](C)O. The van der Waals surface area contributed by atoms with Gasteiger partial charge in [-0.15, -0.1) is 0 Å². The molecule has 0 spiro atoms. The van der Waals surface area contributed by atoms with Crippen LogP contribution in [0.15, 0.2) is 24.3 Å². The number of esters is 1. The van der Waals surface area contributed by atoms with E-state index in [0.29, 0.717) is 16.8 Å². The van der Waals surface area contributed by atoms with Crippen molar-refractivity contribution in [3.8, 4) is 6.07 Å². The van der Waals surface area contributed by atoms with Crippen molar-refractivity contribution in [2.24, 2.45) is 0 Å². The van der Waals surface area contributed by atoms with Crippen LogP contribution in [0.2, 0.25) is 0 Å². The third kappa shape index (κ3) is 3.18. The number of benzene rings is 1. The van der Waals surface area contributed by atoms with Gasteiger partial charge in [-0.25, -0.2) is 4.79 Å². The van der Waals surface area contributed by atoms with Gasteiger partial charge in [-0.1, -0.05) is 12.1 Å². The lowest BCUT2D eigenvalue weighted by Gasteiger charge is -2.06. The number of aromatic nitrogens is 1. The summed E-state index contributed by atoms with van der Waals surface area (Å²) in [5, 5.41) is 18.5. The zero-order valence-electron chi connectivity index (χ0n) is 12.8. The number of carbonyl (C=O) groups is 1. The van der Waals surface area contributed by atoms with Gasteiger partial charge in [-0.2, -0.15) is 5.26 Å². The van der Waals surface area contributed by atoms with E-state index in [1.54, 1.807) is 38.1 Å². The van der Waals surface area contributed by atoms with Gasteiger partial charge in [-0.3, -0.25) is 0 Å². The number of hydrogen-bond donors (Lipinski definition) is 2. The Hall–Kier alpha value is -2.58. The van der Waals surface area contributed by atoms with E-state index in [1.165, 1.54) is 0 Å². The predicted molar refractivity (Wildman–Crippen MR) is 81.2 cm³/mol. The summed E-state index contributed by atoms with van der Waals surface area (Å²) in [6, 6.07) is 8.89. The Kier molecular flexibility index (Phi) is 4.64. The minimum Gasteiger partial charge on any atom is -0.456 e. The third-order valence-corrected chi connectivity index (χ3v) is 3.57.